The van der Waals surface area contributed by atoms with Crippen molar-refractivity contribution >= 4 is 5.97 Å². The fourth-order valence-corrected chi connectivity index (χ4v) is 1.57. The van der Waals surface area contributed by atoms with Gasteiger partial charge in [-0.1, -0.05) is 6.07 Å². The monoisotopic (exact) mass is 269 g/mol. The normalized spacial score (nSPS) is 11.9. The van der Waals surface area contributed by atoms with E-state index in [2.05, 4.69) is 0 Å². The Kier molecular flexibility index (Phi) is 6.11. The SMILES string of the molecule is COCCOc1ccc(C(N)CC(=O)O)cc1OC. The summed E-state index contributed by atoms with van der Waals surface area (Å²) in [6.45, 7) is 0.886. The van der Waals surface area contributed by atoms with Gasteiger partial charge in [0.25, 0.3) is 0 Å². The topological polar surface area (TPSA) is 91.0 Å². The molecule has 6 nitrogen and oxygen atoms in total. The van der Waals surface area contributed by atoms with Gasteiger partial charge >= 0.3 is 5.97 Å². The van der Waals surface area contributed by atoms with Gasteiger partial charge in [0.05, 0.1) is 20.1 Å². The molecule has 3 N–H and O–H groups in total. The third-order valence-electron chi connectivity index (χ3n) is 2.56. The number of carbonyl (C=O) groups is 1. The largest absolute Gasteiger partial charge is 0.493 e. The van der Waals surface area contributed by atoms with Crippen LogP contribution < -0.4 is 15.2 Å². The van der Waals surface area contributed by atoms with Gasteiger partial charge in [0.1, 0.15) is 6.61 Å². The van der Waals surface area contributed by atoms with Gasteiger partial charge in [-0.15, -0.1) is 0 Å². The molecule has 0 aromatic heterocycles. The highest BCUT2D eigenvalue weighted by molar-refractivity contribution is 5.68. The number of methoxy groups -OCH3 is 2. The van der Waals surface area contributed by atoms with Gasteiger partial charge in [-0.25, -0.2) is 0 Å². The van der Waals surface area contributed by atoms with Gasteiger partial charge < -0.3 is 25.1 Å². The molecule has 1 atom stereocenters. The molecule has 1 aromatic carbocycles. The van der Waals surface area contributed by atoms with E-state index in [9.17, 15) is 4.79 Å². The van der Waals surface area contributed by atoms with Crippen molar-refractivity contribution in [1.82, 2.24) is 0 Å². The Labute approximate surface area is 112 Å². The molecule has 0 saturated heterocycles. The zero-order valence-electron chi connectivity index (χ0n) is 11.1. The van der Waals surface area contributed by atoms with Crippen molar-refractivity contribution < 1.29 is 24.1 Å². The minimum absolute atomic E-state index is 0.132. The van der Waals surface area contributed by atoms with Crippen molar-refractivity contribution in [1.29, 1.82) is 0 Å². The summed E-state index contributed by atoms with van der Waals surface area (Å²) in [6, 6.07) is 4.57. The van der Waals surface area contributed by atoms with Crippen molar-refractivity contribution in [2.45, 2.75) is 12.5 Å². The highest BCUT2D eigenvalue weighted by atomic mass is 16.5. The molecule has 19 heavy (non-hydrogen) atoms. The summed E-state index contributed by atoms with van der Waals surface area (Å²) in [6.07, 6.45) is -0.132. The molecule has 0 amide bonds. The van der Waals surface area contributed by atoms with Crippen LogP contribution in [0.5, 0.6) is 11.5 Å². The van der Waals surface area contributed by atoms with Crippen LogP contribution in [-0.2, 0) is 9.53 Å². The lowest BCUT2D eigenvalue weighted by atomic mass is 10.0. The number of benzene rings is 1. The number of aliphatic carboxylic acids is 1. The third-order valence-corrected chi connectivity index (χ3v) is 2.56. The molecule has 0 fully saturated rings. The molecule has 6 heteroatoms. The van der Waals surface area contributed by atoms with Crippen LogP contribution in [0.15, 0.2) is 18.2 Å². The smallest absolute Gasteiger partial charge is 0.305 e. The molecule has 0 aliphatic heterocycles. The number of hydrogen-bond acceptors (Lipinski definition) is 5. The predicted molar refractivity (Wildman–Crippen MR) is 69.5 cm³/mol. The summed E-state index contributed by atoms with van der Waals surface area (Å²) in [7, 11) is 3.11. The predicted octanol–water partition coefficient (Wildman–Crippen LogP) is 1.19. The van der Waals surface area contributed by atoms with Crippen LogP contribution in [0.25, 0.3) is 0 Å². The summed E-state index contributed by atoms with van der Waals surface area (Å²) in [5.74, 6) is 0.159. The first-order chi connectivity index (χ1) is 9.08. The van der Waals surface area contributed by atoms with Crippen LogP contribution in [0.1, 0.15) is 18.0 Å². The fraction of sp³-hybridized carbons (Fsp3) is 0.462. The molecule has 1 rings (SSSR count). The molecule has 0 bridgehead atoms. The van der Waals surface area contributed by atoms with Crippen LogP contribution in [0.2, 0.25) is 0 Å². The molecule has 0 spiro atoms. The van der Waals surface area contributed by atoms with Gasteiger partial charge in [0, 0.05) is 13.2 Å². The fourth-order valence-electron chi connectivity index (χ4n) is 1.57. The van der Waals surface area contributed by atoms with Crippen LogP contribution in [0.3, 0.4) is 0 Å². The van der Waals surface area contributed by atoms with E-state index in [1.807, 2.05) is 0 Å². The van der Waals surface area contributed by atoms with E-state index in [1.165, 1.54) is 7.11 Å². The third kappa shape index (κ3) is 4.76. The van der Waals surface area contributed by atoms with Gasteiger partial charge in [0.2, 0.25) is 0 Å². The lowest BCUT2D eigenvalue weighted by molar-refractivity contribution is -0.137. The summed E-state index contributed by atoms with van der Waals surface area (Å²) in [4.78, 5) is 10.6. The first-order valence-electron chi connectivity index (χ1n) is 5.85. The zero-order valence-corrected chi connectivity index (χ0v) is 11.1. The molecule has 1 unspecified atom stereocenters. The number of hydrogen-bond donors (Lipinski definition) is 2. The van der Waals surface area contributed by atoms with E-state index in [-0.39, 0.29) is 6.42 Å². The minimum Gasteiger partial charge on any atom is -0.493 e. The summed E-state index contributed by atoms with van der Waals surface area (Å²) >= 11 is 0. The first kappa shape index (κ1) is 15.3. The average molecular weight is 269 g/mol. The highest BCUT2D eigenvalue weighted by Crippen LogP contribution is 2.30. The standard InChI is InChI=1S/C13H19NO5/c1-17-5-6-19-11-4-3-9(7-12(11)18-2)10(14)8-13(15)16/h3-4,7,10H,5-6,8,14H2,1-2H3,(H,15,16). The van der Waals surface area contributed by atoms with Crippen molar-refractivity contribution in [2.75, 3.05) is 27.4 Å². The van der Waals surface area contributed by atoms with E-state index in [0.29, 0.717) is 30.3 Å². The van der Waals surface area contributed by atoms with Gasteiger partial charge in [-0.2, -0.15) is 0 Å². The van der Waals surface area contributed by atoms with Gasteiger partial charge in [-0.3, -0.25) is 4.79 Å². The van der Waals surface area contributed by atoms with Crippen molar-refractivity contribution in [3.8, 4) is 11.5 Å². The number of rotatable bonds is 8. The lowest BCUT2D eigenvalue weighted by Crippen LogP contribution is -2.15. The van der Waals surface area contributed by atoms with Crippen molar-refractivity contribution in [3.05, 3.63) is 23.8 Å². The van der Waals surface area contributed by atoms with Crippen LogP contribution in [0.4, 0.5) is 0 Å². The maximum atomic E-state index is 10.6. The maximum absolute atomic E-state index is 10.6. The van der Waals surface area contributed by atoms with Crippen molar-refractivity contribution in [3.63, 3.8) is 0 Å². The van der Waals surface area contributed by atoms with E-state index in [4.69, 9.17) is 25.1 Å². The molecular weight excluding hydrogens is 250 g/mol. The summed E-state index contributed by atoms with van der Waals surface area (Å²) < 4.78 is 15.6. The highest BCUT2D eigenvalue weighted by Gasteiger charge is 2.13. The summed E-state index contributed by atoms with van der Waals surface area (Å²) in [5.41, 5.74) is 6.49. The van der Waals surface area contributed by atoms with Gasteiger partial charge in [0.15, 0.2) is 11.5 Å². The number of carboxylic acids is 1. The molecule has 0 radical (unpaired) electrons. The Balaban J connectivity index is 2.79. The molecule has 0 aliphatic rings. The Morgan fingerprint density at radius 1 is 1.32 bits per heavy atom. The van der Waals surface area contributed by atoms with E-state index in [1.54, 1.807) is 25.3 Å². The molecule has 0 aliphatic carbocycles. The van der Waals surface area contributed by atoms with Crippen LogP contribution in [-0.4, -0.2) is 38.5 Å². The van der Waals surface area contributed by atoms with E-state index >= 15 is 0 Å². The second kappa shape index (κ2) is 7.60. The average Bonchev–Trinajstić information content (AvgIpc) is 2.38. The zero-order chi connectivity index (χ0) is 14.3. The number of carboxylic acid groups (broad SMARTS) is 1. The maximum Gasteiger partial charge on any atom is 0.305 e. The van der Waals surface area contributed by atoms with E-state index in [0.717, 1.165) is 0 Å². The molecular formula is C13H19NO5. The molecule has 0 saturated carbocycles. The number of nitrogens with two attached hydrogens (primary N) is 1. The quantitative estimate of drug-likeness (QED) is 0.689. The molecule has 1 aromatic rings. The Morgan fingerprint density at radius 3 is 2.63 bits per heavy atom. The first-order valence-corrected chi connectivity index (χ1v) is 5.85. The van der Waals surface area contributed by atoms with Crippen LogP contribution in [0, 0.1) is 0 Å². The Bertz CT molecular complexity index is 421. The molecule has 106 valence electrons. The lowest BCUT2D eigenvalue weighted by Gasteiger charge is -2.14. The van der Waals surface area contributed by atoms with Crippen molar-refractivity contribution in [2.24, 2.45) is 5.73 Å². The number of ether oxygens (including phenoxy) is 3. The van der Waals surface area contributed by atoms with E-state index < -0.39 is 12.0 Å². The van der Waals surface area contributed by atoms with Gasteiger partial charge in [-0.05, 0) is 17.7 Å². The second-order valence-electron chi connectivity index (χ2n) is 3.96. The Morgan fingerprint density at radius 2 is 2.05 bits per heavy atom. The summed E-state index contributed by atoms with van der Waals surface area (Å²) in [5, 5.41) is 8.72. The minimum atomic E-state index is -0.938. The second-order valence-corrected chi connectivity index (χ2v) is 3.96. The molecule has 0 heterocycles. The Hall–Kier alpha value is -1.79. The van der Waals surface area contributed by atoms with Crippen LogP contribution >= 0.6 is 0 Å².